The highest BCUT2D eigenvalue weighted by Gasteiger charge is 2.33. The highest BCUT2D eigenvalue weighted by atomic mass is 32.2. The molecule has 0 radical (unpaired) electrons. The largest absolute Gasteiger partial charge is 0.332 e. The van der Waals surface area contributed by atoms with Gasteiger partial charge in [-0.25, -0.2) is 4.98 Å². The molecule has 2 heterocycles. The molecule has 2 atom stereocenters. The Morgan fingerprint density at radius 3 is 2.17 bits per heavy atom. The van der Waals surface area contributed by atoms with E-state index < -0.39 is 0 Å². The Hall–Kier alpha value is -2.33. The second-order valence-corrected chi connectivity index (χ2v) is 6.76. The van der Waals surface area contributed by atoms with Crippen molar-refractivity contribution in [2.24, 2.45) is 12.0 Å². The van der Waals surface area contributed by atoms with Gasteiger partial charge in [0.15, 0.2) is 0 Å². The van der Waals surface area contributed by atoms with Crippen molar-refractivity contribution >= 4 is 16.8 Å². The lowest BCUT2D eigenvalue weighted by atomic mass is 9.99. The van der Waals surface area contributed by atoms with E-state index in [1.54, 1.807) is 0 Å². The van der Waals surface area contributed by atoms with Gasteiger partial charge < -0.3 is 4.57 Å². The average Bonchev–Trinajstić information content (AvgIpc) is 3.22. The van der Waals surface area contributed by atoms with Crippen LogP contribution >= 0.6 is 11.8 Å². The van der Waals surface area contributed by atoms with Crippen LogP contribution in [0.3, 0.4) is 0 Å². The number of hydrogen-bond acceptors (Lipinski definition) is 3. The summed E-state index contributed by atoms with van der Waals surface area (Å²) in [4.78, 5) is 9.27. The minimum atomic E-state index is 0.133. The predicted octanol–water partition coefficient (Wildman–Crippen LogP) is 4.40. The smallest absolute Gasteiger partial charge is 0.117 e. The van der Waals surface area contributed by atoms with E-state index in [9.17, 15) is 0 Å². The molecule has 0 fully saturated rings. The van der Waals surface area contributed by atoms with Gasteiger partial charge in [-0.3, -0.25) is 4.99 Å². The Labute approximate surface area is 140 Å². The van der Waals surface area contributed by atoms with E-state index in [0.717, 1.165) is 10.7 Å². The molecule has 2 aromatic carbocycles. The van der Waals surface area contributed by atoms with Crippen LogP contribution in [0.5, 0.6) is 0 Å². The summed E-state index contributed by atoms with van der Waals surface area (Å²) in [5.41, 5.74) is 3.65. The van der Waals surface area contributed by atoms with Crippen LogP contribution in [0, 0.1) is 0 Å². The molecule has 1 aliphatic rings. The van der Waals surface area contributed by atoms with Crippen LogP contribution in [0.25, 0.3) is 0 Å². The number of imidazole rings is 1. The fraction of sp³-hybridized carbons (Fsp3) is 0.158. The number of aromatic nitrogens is 2. The molecule has 0 aliphatic carbocycles. The Morgan fingerprint density at radius 2 is 1.57 bits per heavy atom. The van der Waals surface area contributed by atoms with E-state index >= 15 is 0 Å². The molecule has 0 N–H and O–H groups in total. The lowest BCUT2D eigenvalue weighted by Gasteiger charge is -2.17. The van der Waals surface area contributed by atoms with E-state index in [1.807, 2.05) is 35.9 Å². The number of nitrogens with zero attached hydrogens (tertiary/aromatic N) is 3. The van der Waals surface area contributed by atoms with E-state index in [1.165, 1.54) is 11.1 Å². The van der Waals surface area contributed by atoms with Gasteiger partial charge in [0.05, 0.1) is 29.5 Å². The third-order valence-corrected chi connectivity index (χ3v) is 5.41. The molecule has 0 spiro atoms. The van der Waals surface area contributed by atoms with Crippen LogP contribution in [0.2, 0.25) is 0 Å². The quantitative estimate of drug-likeness (QED) is 0.716. The van der Waals surface area contributed by atoms with Crippen molar-refractivity contribution < 1.29 is 0 Å². The molecule has 3 nitrogen and oxygen atoms in total. The van der Waals surface area contributed by atoms with Gasteiger partial charge in [-0.05, 0) is 11.1 Å². The Balaban J connectivity index is 1.77. The first-order valence-corrected chi connectivity index (χ1v) is 8.52. The zero-order chi connectivity index (χ0) is 15.6. The van der Waals surface area contributed by atoms with Crippen LogP contribution < -0.4 is 0 Å². The van der Waals surface area contributed by atoms with Crippen LogP contribution in [-0.2, 0) is 7.05 Å². The molecule has 1 aliphatic heterocycles. The molecular weight excluding hydrogens is 302 g/mol. The molecule has 3 aromatic rings. The van der Waals surface area contributed by atoms with Gasteiger partial charge in [0.2, 0.25) is 0 Å². The third kappa shape index (κ3) is 2.70. The molecule has 0 amide bonds. The molecule has 0 saturated carbocycles. The van der Waals surface area contributed by atoms with Crippen molar-refractivity contribution in [3.63, 3.8) is 0 Å². The number of thioether (sulfide) groups is 1. The molecule has 114 valence electrons. The zero-order valence-corrected chi connectivity index (χ0v) is 13.6. The van der Waals surface area contributed by atoms with Crippen molar-refractivity contribution in [1.82, 2.24) is 9.55 Å². The summed E-state index contributed by atoms with van der Waals surface area (Å²) >= 11 is 1.83. The molecule has 0 bridgehead atoms. The highest BCUT2D eigenvalue weighted by Crippen LogP contribution is 2.49. The lowest BCUT2D eigenvalue weighted by Crippen LogP contribution is -2.02. The first-order valence-electron chi connectivity index (χ1n) is 7.64. The van der Waals surface area contributed by atoms with Crippen LogP contribution in [0.15, 0.2) is 78.2 Å². The van der Waals surface area contributed by atoms with Gasteiger partial charge in [0.25, 0.3) is 0 Å². The van der Waals surface area contributed by atoms with Crippen molar-refractivity contribution in [3.05, 3.63) is 90.0 Å². The summed E-state index contributed by atoms with van der Waals surface area (Å²) in [5.74, 6) is 0. The molecule has 1 aromatic heterocycles. The number of aliphatic imine (C=N–C) groups is 1. The molecular formula is C19H17N3S. The summed E-state index contributed by atoms with van der Waals surface area (Å²) in [6, 6.07) is 21.3. The number of rotatable bonds is 3. The number of benzene rings is 2. The van der Waals surface area contributed by atoms with Crippen molar-refractivity contribution in [2.45, 2.75) is 11.3 Å². The maximum absolute atomic E-state index is 5.04. The molecule has 0 saturated heterocycles. The number of hydrogen-bond donors (Lipinski definition) is 0. The van der Waals surface area contributed by atoms with Gasteiger partial charge in [0.1, 0.15) is 5.04 Å². The molecule has 4 rings (SSSR count). The van der Waals surface area contributed by atoms with Crippen molar-refractivity contribution in [1.29, 1.82) is 0 Å². The molecule has 23 heavy (non-hydrogen) atoms. The van der Waals surface area contributed by atoms with E-state index in [-0.39, 0.29) is 6.04 Å². The van der Waals surface area contributed by atoms with Crippen molar-refractivity contribution in [2.75, 3.05) is 0 Å². The normalized spacial score (nSPS) is 20.5. The van der Waals surface area contributed by atoms with Crippen LogP contribution in [0.1, 0.15) is 28.1 Å². The topological polar surface area (TPSA) is 30.2 Å². The van der Waals surface area contributed by atoms with Gasteiger partial charge in [-0.15, -0.1) is 0 Å². The Morgan fingerprint density at radius 1 is 0.913 bits per heavy atom. The first kappa shape index (κ1) is 14.3. The predicted molar refractivity (Wildman–Crippen MR) is 95.7 cm³/mol. The molecule has 2 unspecified atom stereocenters. The standard InChI is InChI=1S/C19H17N3S/c1-22-13-20-12-16(22)19-21-17(14-8-4-2-5-9-14)18(23-19)15-10-6-3-7-11-15/h2-13,17-18H,1H3. The number of aryl methyl sites for hydroxylation is 1. The highest BCUT2D eigenvalue weighted by molar-refractivity contribution is 8.14. The van der Waals surface area contributed by atoms with Crippen LogP contribution in [0.4, 0.5) is 0 Å². The summed E-state index contributed by atoms with van der Waals surface area (Å²) < 4.78 is 2.03. The monoisotopic (exact) mass is 319 g/mol. The van der Waals surface area contributed by atoms with E-state index in [2.05, 4.69) is 65.6 Å². The summed E-state index contributed by atoms with van der Waals surface area (Å²) in [7, 11) is 2.01. The first-order chi connectivity index (χ1) is 11.3. The molecule has 4 heteroatoms. The summed E-state index contributed by atoms with van der Waals surface area (Å²) in [6.45, 7) is 0. The fourth-order valence-electron chi connectivity index (χ4n) is 2.89. The summed E-state index contributed by atoms with van der Waals surface area (Å²) in [5, 5.41) is 1.36. The second kappa shape index (κ2) is 6.05. The maximum atomic E-state index is 5.04. The Bertz CT molecular complexity index is 824. The van der Waals surface area contributed by atoms with Gasteiger partial charge in [-0.1, -0.05) is 72.4 Å². The van der Waals surface area contributed by atoms with Gasteiger partial charge in [0, 0.05) is 7.05 Å². The van der Waals surface area contributed by atoms with E-state index in [0.29, 0.717) is 5.25 Å². The maximum Gasteiger partial charge on any atom is 0.117 e. The Kier molecular flexibility index (Phi) is 3.75. The lowest BCUT2D eigenvalue weighted by molar-refractivity contribution is 0.723. The fourth-order valence-corrected chi connectivity index (χ4v) is 4.26. The van der Waals surface area contributed by atoms with E-state index in [4.69, 9.17) is 4.99 Å². The van der Waals surface area contributed by atoms with Crippen molar-refractivity contribution in [3.8, 4) is 0 Å². The zero-order valence-electron chi connectivity index (χ0n) is 12.8. The minimum Gasteiger partial charge on any atom is -0.332 e. The van der Waals surface area contributed by atoms with Crippen LogP contribution in [-0.4, -0.2) is 14.6 Å². The summed E-state index contributed by atoms with van der Waals surface area (Å²) in [6.07, 6.45) is 3.72. The van der Waals surface area contributed by atoms with Gasteiger partial charge >= 0.3 is 0 Å². The SMILES string of the molecule is Cn1cncc1C1=NC(c2ccccc2)C(c2ccccc2)S1. The third-order valence-electron chi connectivity index (χ3n) is 4.09. The average molecular weight is 319 g/mol. The second-order valence-electron chi connectivity index (χ2n) is 5.63. The minimum absolute atomic E-state index is 0.133. The van der Waals surface area contributed by atoms with Gasteiger partial charge in [-0.2, -0.15) is 0 Å².